The first-order valence-electron chi connectivity index (χ1n) is 6.26. The molecule has 0 aliphatic carbocycles. The van der Waals surface area contributed by atoms with Crippen LogP contribution in [0.15, 0.2) is 36.5 Å². The van der Waals surface area contributed by atoms with E-state index in [0.29, 0.717) is 12.4 Å². The molecule has 0 spiro atoms. The molecular formula is C15H15ClN2O2. The minimum absolute atomic E-state index is 0.0581. The molecular weight excluding hydrogens is 276 g/mol. The maximum absolute atomic E-state index is 11.1. The van der Waals surface area contributed by atoms with Crippen LogP contribution in [0.2, 0.25) is 5.02 Å². The Kier molecular flexibility index (Phi) is 4.25. The first-order valence-corrected chi connectivity index (χ1v) is 6.63. The van der Waals surface area contributed by atoms with Crippen molar-refractivity contribution in [3.05, 3.63) is 52.7 Å². The van der Waals surface area contributed by atoms with Gasteiger partial charge in [0, 0.05) is 18.4 Å². The maximum atomic E-state index is 11.1. The molecule has 0 unspecified atom stereocenters. The number of carbonyl (C=O) groups is 1. The van der Waals surface area contributed by atoms with Crippen LogP contribution in [0.3, 0.4) is 0 Å². The number of hydrogen-bond donors (Lipinski definition) is 1. The van der Waals surface area contributed by atoms with E-state index in [-0.39, 0.29) is 10.6 Å². The summed E-state index contributed by atoms with van der Waals surface area (Å²) in [6, 6.07) is 9.46. The highest BCUT2D eigenvalue weighted by Gasteiger charge is 2.15. The standard InChI is InChI=1S/C15H15ClN2O2/c1-3-18(11-6-4-5-10(2)7-11)14-8-12(15(19)20)13(16)9-17-14/h4-9H,3H2,1-2H3,(H,19,20). The van der Waals surface area contributed by atoms with Crippen LogP contribution in [-0.4, -0.2) is 22.6 Å². The number of aromatic carboxylic acids is 1. The van der Waals surface area contributed by atoms with Gasteiger partial charge in [-0.05, 0) is 37.6 Å². The summed E-state index contributed by atoms with van der Waals surface area (Å²) in [6.45, 7) is 4.67. The van der Waals surface area contributed by atoms with Crippen molar-refractivity contribution in [2.24, 2.45) is 0 Å². The Morgan fingerprint density at radius 2 is 2.15 bits per heavy atom. The van der Waals surface area contributed by atoms with Gasteiger partial charge in [0.1, 0.15) is 5.82 Å². The van der Waals surface area contributed by atoms with Crippen LogP contribution in [0.4, 0.5) is 11.5 Å². The fraction of sp³-hybridized carbons (Fsp3) is 0.200. The van der Waals surface area contributed by atoms with Crippen molar-refractivity contribution in [1.29, 1.82) is 0 Å². The molecule has 1 aromatic carbocycles. The van der Waals surface area contributed by atoms with Crippen molar-refractivity contribution in [2.75, 3.05) is 11.4 Å². The topological polar surface area (TPSA) is 53.4 Å². The van der Waals surface area contributed by atoms with E-state index in [1.54, 1.807) is 0 Å². The van der Waals surface area contributed by atoms with Crippen molar-refractivity contribution in [2.45, 2.75) is 13.8 Å². The number of aromatic nitrogens is 1. The number of anilines is 2. The number of nitrogens with zero attached hydrogens (tertiary/aromatic N) is 2. The summed E-state index contributed by atoms with van der Waals surface area (Å²) < 4.78 is 0. The van der Waals surface area contributed by atoms with Gasteiger partial charge >= 0.3 is 5.97 Å². The molecule has 0 radical (unpaired) electrons. The molecule has 0 atom stereocenters. The average molecular weight is 291 g/mol. The van der Waals surface area contributed by atoms with Crippen molar-refractivity contribution in [3.63, 3.8) is 0 Å². The van der Waals surface area contributed by atoms with Gasteiger partial charge in [-0.2, -0.15) is 0 Å². The molecule has 20 heavy (non-hydrogen) atoms. The lowest BCUT2D eigenvalue weighted by Crippen LogP contribution is -2.18. The Balaban J connectivity index is 2.47. The summed E-state index contributed by atoms with van der Waals surface area (Å²) in [5.74, 6) is -0.487. The van der Waals surface area contributed by atoms with Gasteiger partial charge < -0.3 is 10.0 Å². The van der Waals surface area contributed by atoms with Crippen LogP contribution >= 0.6 is 11.6 Å². The predicted molar refractivity (Wildman–Crippen MR) is 80.1 cm³/mol. The van der Waals surface area contributed by atoms with Crippen LogP contribution in [0.25, 0.3) is 0 Å². The van der Waals surface area contributed by atoms with Crippen LogP contribution in [-0.2, 0) is 0 Å². The summed E-state index contributed by atoms with van der Waals surface area (Å²) >= 11 is 5.85. The highest BCUT2D eigenvalue weighted by Crippen LogP contribution is 2.27. The van der Waals surface area contributed by atoms with Gasteiger partial charge in [0.15, 0.2) is 0 Å². The fourth-order valence-electron chi connectivity index (χ4n) is 2.01. The Morgan fingerprint density at radius 3 is 2.75 bits per heavy atom. The second kappa shape index (κ2) is 5.92. The predicted octanol–water partition coefficient (Wildman–Crippen LogP) is 3.90. The monoisotopic (exact) mass is 290 g/mol. The summed E-state index contributed by atoms with van der Waals surface area (Å²) in [6.07, 6.45) is 1.37. The zero-order chi connectivity index (χ0) is 14.7. The summed E-state index contributed by atoms with van der Waals surface area (Å²) in [5.41, 5.74) is 2.16. The van der Waals surface area contributed by atoms with Gasteiger partial charge in [-0.1, -0.05) is 23.7 Å². The Morgan fingerprint density at radius 1 is 1.40 bits per heavy atom. The number of rotatable bonds is 4. The number of hydrogen-bond acceptors (Lipinski definition) is 3. The fourth-order valence-corrected chi connectivity index (χ4v) is 2.20. The second-order valence-electron chi connectivity index (χ2n) is 4.41. The smallest absolute Gasteiger partial charge is 0.337 e. The van der Waals surface area contributed by atoms with E-state index in [9.17, 15) is 4.79 Å². The first-order chi connectivity index (χ1) is 9.52. The molecule has 1 heterocycles. The third-order valence-corrected chi connectivity index (χ3v) is 3.28. The van der Waals surface area contributed by atoms with E-state index in [1.807, 2.05) is 43.0 Å². The number of carboxylic acid groups (broad SMARTS) is 1. The Labute approximate surface area is 122 Å². The molecule has 2 aromatic rings. The molecule has 0 saturated carbocycles. The molecule has 4 nitrogen and oxygen atoms in total. The van der Waals surface area contributed by atoms with Crippen molar-refractivity contribution in [1.82, 2.24) is 4.98 Å². The summed E-state index contributed by atoms with van der Waals surface area (Å²) in [4.78, 5) is 17.3. The minimum Gasteiger partial charge on any atom is -0.478 e. The van der Waals surface area contributed by atoms with Crippen LogP contribution in [0, 0.1) is 6.92 Å². The maximum Gasteiger partial charge on any atom is 0.337 e. The van der Waals surface area contributed by atoms with Gasteiger partial charge in [0.05, 0.1) is 10.6 Å². The Hall–Kier alpha value is -2.07. The quantitative estimate of drug-likeness (QED) is 0.928. The van der Waals surface area contributed by atoms with E-state index in [1.165, 1.54) is 12.3 Å². The third kappa shape index (κ3) is 2.91. The number of benzene rings is 1. The number of carboxylic acids is 1. The largest absolute Gasteiger partial charge is 0.478 e. The molecule has 2 rings (SSSR count). The lowest BCUT2D eigenvalue weighted by Gasteiger charge is -2.23. The SMILES string of the molecule is CCN(c1cccc(C)c1)c1cc(C(=O)O)c(Cl)cn1. The van der Waals surface area contributed by atoms with Crippen LogP contribution < -0.4 is 4.90 Å². The van der Waals surface area contributed by atoms with E-state index < -0.39 is 5.97 Å². The van der Waals surface area contributed by atoms with E-state index >= 15 is 0 Å². The van der Waals surface area contributed by atoms with Crippen LogP contribution in [0.5, 0.6) is 0 Å². The van der Waals surface area contributed by atoms with Gasteiger partial charge in [-0.25, -0.2) is 9.78 Å². The molecule has 1 aromatic heterocycles. The molecule has 0 saturated heterocycles. The lowest BCUT2D eigenvalue weighted by atomic mass is 10.2. The van der Waals surface area contributed by atoms with Gasteiger partial charge in [0.25, 0.3) is 0 Å². The van der Waals surface area contributed by atoms with E-state index in [0.717, 1.165) is 11.3 Å². The molecule has 0 aliphatic rings. The molecule has 0 bridgehead atoms. The molecule has 0 fully saturated rings. The normalized spacial score (nSPS) is 10.3. The minimum atomic E-state index is -1.06. The zero-order valence-corrected chi connectivity index (χ0v) is 12.1. The van der Waals surface area contributed by atoms with E-state index in [4.69, 9.17) is 16.7 Å². The highest BCUT2D eigenvalue weighted by molar-refractivity contribution is 6.33. The molecule has 5 heteroatoms. The van der Waals surface area contributed by atoms with Gasteiger partial charge in [-0.15, -0.1) is 0 Å². The van der Waals surface area contributed by atoms with Gasteiger partial charge in [0.2, 0.25) is 0 Å². The van der Waals surface area contributed by atoms with E-state index in [2.05, 4.69) is 4.98 Å². The first kappa shape index (κ1) is 14.3. The van der Waals surface area contributed by atoms with Crippen molar-refractivity contribution < 1.29 is 9.90 Å². The number of pyridine rings is 1. The molecule has 104 valence electrons. The van der Waals surface area contributed by atoms with Crippen molar-refractivity contribution in [3.8, 4) is 0 Å². The molecule has 0 aliphatic heterocycles. The molecule has 1 N–H and O–H groups in total. The lowest BCUT2D eigenvalue weighted by molar-refractivity contribution is 0.0697. The number of halogens is 1. The number of aryl methyl sites for hydroxylation is 1. The van der Waals surface area contributed by atoms with Crippen LogP contribution in [0.1, 0.15) is 22.8 Å². The molecule has 0 amide bonds. The Bertz CT molecular complexity index is 644. The van der Waals surface area contributed by atoms with Crippen molar-refractivity contribution >= 4 is 29.1 Å². The summed E-state index contributed by atoms with van der Waals surface area (Å²) in [7, 11) is 0. The summed E-state index contributed by atoms with van der Waals surface area (Å²) in [5, 5.41) is 9.27. The second-order valence-corrected chi connectivity index (χ2v) is 4.82. The highest BCUT2D eigenvalue weighted by atomic mass is 35.5. The third-order valence-electron chi connectivity index (χ3n) is 2.98. The zero-order valence-electron chi connectivity index (χ0n) is 11.3. The van der Waals surface area contributed by atoms with Gasteiger partial charge in [-0.3, -0.25) is 0 Å². The average Bonchev–Trinajstić information content (AvgIpc) is 2.41.